The van der Waals surface area contributed by atoms with Gasteiger partial charge in [-0.1, -0.05) is 23.7 Å². The van der Waals surface area contributed by atoms with Crippen LogP contribution in [0.4, 0.5) is 5.69 Å². The smallest absolute Gasteiger partial charge is 0.193 e. The van der Waals surface area contributed by atoms with E-state index in [0.717, 1.165) is 55.9 Å². The maximum atomic E-state index is 6.31. The molecule has 142 valence electrons. The van der Waals surface area contributed by atoms with Crippen molar-refractivity contribution in [3.05, 3.63) is 29.3 Å². The van der Waals surface area contributed by atoms with E-state index in [2.05, 4.69) is 52.3 Å². The third-order valence-electron chi connectivity index (χ3n) is 4.05. The quantitative estimate of drug-likeness (QED) is 0.301. The number of rotatable bonds is 4. The molecule has 1 heterocycles. The summed E-state index contributed by atoms with van der Waals surface area (Å²) in [5, 5.41) is 7.75. The molecule has 0 atom stereocenters. The van der Waals surface area contributed by atoms with Crippen LogP contribution in [0.25, 0.3) is 0 Å². The van der Waals surface area contributed by atoms with Crippen LogP contribution in [0.3, 0.4) is 0 Å². The summed E-state index contributed by atoms with van der Waals surface area (Å²) in [6, 6.07) is 8.05. The van der Waals surface area contributed by atoms with Gasteiger partial charge in [-0.15, -0.1) is 24.0 Å². The van der Waals surface area contributed by atoms with E-state index in [-0.39, 0.29) is 29.5 Å². The number of guanidine groups is 1. The van der Waals surface area contributed by atoms with Crippen LogP contribution < -0.4 is 15.5 Å². The fourth-order valence-electron chi connectivity index (χ4n) is 2.81. The Labute approximate surface area is 174 Å². The van der Waals surface area contributed by atoms with Crippen molar-refractivity contribution in [1.82, 2.24) is 15.5 Å². The van der Waals surface area contributed by atoms with Crippen LogP contribution in [0, 0.1) is 0 Å². The number of aliphatic imine (C=N–C) groups is 1. The van der Waals surface area contributed by atoms with Gasteiger partial charge in [-0.3, -0.25) is 4.99 Å². The zero-order valence-electron chi connectivity index (χ0n) is 15.7. The molecule has 0 spiro atoms. The topological polar surface area (TPSA) is 42.9 Å². The Bertz CT molecular complexity index is 551. The van der Waals surface area contributed by atoms with Crippen LogP contribution >= 0.6 is 35.6 Å². The predicted octanol–water partition coefficient (Wildman–Crippen LogP) is 3.04. The Morgan fingerprint density at radius 3 is 2.32 bits per heavy atom. The highest BCUT2D eigenvalue weighted by Crippen LogP contribution is 2.25. The molecule has 25 heavy (non-hydrogen) atoms. The van der Waals surface area contributed by atoms with Gasteiger partial charge < -0.3 is 20.4 Å². The third-order valence-corrected chi connectivity index (χ3v) is 4.37. The van der Waals surface area contributed by atoms with Gasteiger partial charge in [-0.2, -0.15) is 0 Å². The van der Waals surface area contributed by atoms with E-state index in [1.165, 1.54) is 0 Å². The van der Waals surface area contributed by atoms with Gasteiger partial charge in [0.25, 0.3) is 0 Å². The number of nitrogens with one attached hydrogen (secondary N) is 2. The summed E-state index contributed by atoms with van der Waals surface area (Å²) >= 11 is 6.31. The summed E-state index contributed by atoms with van der Waals surface area (Å²) in [4.78, 5) is 9.07. The predicted molar refractivity (Wildman–Crippen MR) is 120 cm³/mol. The second-order valence-electron chi connectivity index (χ2n) is 7.08. The average molecular weight is 480 g/mol. The monoisotopic (exact) mass is 479 g/mol. The second kappa shape index (κ2) is 10.4. The van der Waals surface area contributed by atoms with Crippen molar-refractivity contribution < 1.29 is 0 Å². The van der Waals surface area contributed by atoms with Crippen LogP contribution in [0.5, 0.6) is 0 Å². The molecule has 0 saturated carbocycles. The lowest BCUT2D eigenvalue weighted by molar-refractivity contribution is 0.369. The molecular weight excluding hydrogens is 449 g/mol. The van der Waals surface area contributed by atoms with E-state index < -0.39 is 0 Å². The summed E-state index contributed by atoms with van der Waals surface area (Å²) in [6.07, 6.45) is 0. The maximum Gasteiger partial charge on any atom is 0.193 e. The number of anilines is 1. The van der Waals surface area contributed by atoms with Gasteiger partial charge in [0.15, 0.2) is 5.96 Å². The molecule has 1 saturated heterocycles. The molecule has 2 rings (SSSR count). The number of para-hydroxylation sites is 1. The minimum Gasteiger partial charge on any atom is -0.367 e. The van der Waals surface area contributed by atoms with Gasteiger partial charge in [0, 0.05) is 51.9 Å². The largest absolute Gasteiger partial charge is 0.367 e. The molecule has 1 aromatic carbocycles. The molecule has 2 N–H and O–H groups in total. The van der Waals surface area contributed by atoms with E-state index in [0.29, 0.717) is 0 Å². The Hall–Kier alpha value is -0.730. The van der Waals surface area contributed by atoms with Crippen molar-refractivity contribution in [1.29, 1.82) is 0 Å². The molecule has 1 aliphatic heterocycles. The number of hydrogen-bond donors (Lipinski definition) is 2. The van der Waals surface area contributed by atoms with Crippen LogP contribution in [0.2, 0.25) is 5.02 Å². The lowest BCUT2D eigenvalue weighted by atomic mass is 10.1. The van der Waals surface area contributed by atoms with Crippen LogP contribution in [0.15, 0.2) is 29.3 Å². The molecular formula is C18H31ClIN5. The summed E-state index contributed by atoms with van der Waals surface area (Å²) in [5.41, 5.74) is 1.27. The van der Waals surface area contributed by atoms with E-state index in [9.17, 15) is 0 Å². The van der Waals surface area contributed by atoms with Crippen LogP contribution in [-0.2, 0) is 0 Å². The number of nitrogens with zero attached hydrogens (tertiary/aromatic N) is 3. The second-order valence-corrected chi connectivity index (χ2v) is 7.48. The highest BCUT2D eigenvalue weighted by Gasteiger charge is 2.20. The minimum absolute atomic E-state index is 0. The van der Waals surface area contributed by atoms with Crippen LogP contribution in [-0.4, -0.2) is 62.7 Å². The zero-order valence-corrected chi connectivity index (χ0v) is 18.8. The van der Waals surface area contributed by atoms with Crippen molar-refractivity contribution in [3.63, 3.8) is 0 Å². The van der Waals surface area contributed by atoms with Gasteiger partial charge >= 0.3 is 0 Å². The molecule has 1 aromatic rings. The van der Waals surface area contributed by atoms with Crippen molar-refractivity contribution in [2.24, 2.45) is 4.99 Å². The average Bonchev–Trinajstić information content (AvgIpc) is 2.55. The first-order valence-corrected chi connectivity index (χ1v) is 8.98. The Morgan fingerprint density at radius 1 is 1.12 bits per heavy atom. The lowest BCUT2D eigenvalue weighted by Crippen LogP contribution is -2.53. The SMILES string of the molecule is CN=C(NCCNC(C)(C)C)N1CCN(c2ccccc2Cl)CC1.I. The first kappa shape index (κ1) is 22.3. The van der Waals surface area contributed by atoms with Gasteiger partial charge in [-0.25, -0.2) is 0 Å². The van der Waals surface area contributed by atoms with Crippen molar-refractivity contribution in [2.45, 2.75) is 26.3 Å². The number of halogens is 2. The zero-order chi connectivity index (χ0) is 17.6. The number of benzene rings is 1. The van der Waals surface area contributed by atoms with E-state index in [1.807, 2.05) is 25.2 Å². The lowest BCUT2D eigenvalue weighted by Gasteiger charge is -2.38. The van der Waals surface area contributed by atoms with Gasteiger partial charge in [-0.05, 0) is 32.9 Å². The Morgan fingerprint density at radius 2 is 1.76 bits per heavy atom. The molecule has 0 bridgehead atoms. The first-order valence-electron chi connectivity index (χ1n) is 8.61. The number of piperazine rings is 1. The molecule has 0 aliphatic carbocycles. The van der Waals surface area contributed by atoms with Crippen LogP contribution in [0.1, 0.15) is 20.8 Å². The minimum atomic E-state index is 0. The standard InChI is InChI=1S/C18H30ClN5.HI/c1-18(2,3)22-10-9-21-17(20-4)24-13-11-23(12-14-24)16-8-6-5-7-15(16)19;/h5-8,22H,9-14H2,1-4H3,(H,20,21);1H. The number of hydrogen-bond acceptors (Lipinski definition) is 3. The fraction of sp³-hybridized carbons (Fsp3) is 0.611. The first-order chi connectivity index (χ1) is 11.4. The summed E-state index contributed by atoms with van der Waals surface area (Å²) < 4.78 is 0. The van der Waals surface area contributed by atoms with E-state index in [1.54, 1.807) is 0 Å². The van der Waals surface area contributed by atoms with Crippen molar-refractivity contribution in [2.75, 3.05) is 51.2 Å². The molecule has 1 fully saturated rings. The summed E-state index contributed by atoms with van der Waals surface area (Å²) in [6.45, 7) is 12.1. The van der Waals surface area contributed by atoms with E-state index >= 15 is 0 Å². The molecule has 0 aromatic heterocycles. The van der Waals surface area contributed by atoms with Gasteiger partial charge in [0.1, 0.15) is 0 Å². The highest BCUT2D eigenvalue weighted by atomic mass is 127. The Balaban J connectivity index is 0.00000312. The molecule has 0 amide bonds. The molecule has 0 radical (unpaired) electrons. The van der Waals surface area contributed by atoms with Crippen molar-refractivity contribution >= 4 is 47.2 Å². The molecule has 5 nitrogen and oxygen atoms in total. The maximum absolute atomic E-state index is 6.31. The normalized spacial score (nSPS) is 15.8. The Kier molecular flexibility index (Phi) is 9.30. The summed E-state index contributed by atoms with van der Waals surface area (Å²) in [7, 11) is 1.85. The molecule has 7 heteroatoms. The fourth-order valence-corrected chi connectivity index (χ4v) is 3.07. The highest BCUT2D eigenvalue weighted by molar-refractivity contribution is 14.0. The summed E-state index contributed by atoms with van der Waals surface area (Å²) in [5.74, 6) is 0.976. The van der Waals surface area contributed by atoms with Gasteiger partial charge in [0.05, 0.1) is 10.7 Å². The molecule has 0 unspecified atom stereocenters. The van der Waals surface area contributed by atoms with Gasteiger partial charge in [0.2, 0.25) is 0 Å². The third kappa shape index (κ3) is 7.19. The molecule has 1 aliphatic rings. The van der Waals surface area contributed by atoms with E-state index in [4.69, 9.17) is 11.6 Å². The van der Waals surface area contributed by atoms with Crippen molar-refractivity contribution in [3.8, 4) is 0 Å².